The van der Waals surface area contributed by atoms with Gasteiger partial charge in [0.05, 0.1) is 6.10 Å². The number of ketones is 1. The second-order valence-corrected chi connectivity index (χ2v) is 10.3. The molecule has 4 aliphatic rings. The number of carbonyl (C=O) groups is 1. The molecule has 4 fully saturated rings. The van der Waals surface area contributed by atoms with Crippen LogP contribution in [0.5, 0.6) is 0 Å². The Morgan fingerprint density at radius 2 is 1.96 bits per heavy atom. The molecule has 0 bridgehead atoms. The van der Waals surface area contributed by atoms with E-state index in [2.05, 4.69) is 20.8 Å². The van der Waals surface area contributed by atoms with Crippen molar-refractivity contribution in [3.8, 4) is 0 Å². The number of rotatable bonds is 4. The van der Waals surface area contributed by atoms with Crippen molar-refractivity contribution in [2.45, 2.75) is 84.7 Å². The van der Waals surface area contributed by atoms with Gasteiger partial charge in [0.1, 0.15) is 5.78 Å². The summed E-state index contributed by atoms with van der Waals surface area (Å²) in [5, 5.41) is 10.6. The Morgan fingerprint density at radius 3 is 2.69 bits per heavy atom. The number of ether oxygens (including phenoxy) is 1. The Morgan fingerprint density at radius 1 is 1.15 bits per heavy atom. The fraction of sp³-hybridized carbons (Fsp3) is 0.957. The summed E-state index contributed by atoms with van der Waals surface area (Å²) < 4.78 is 6.31. The summed E-state index contributed by atoms with van der Waals surface area (Å²) in [5.74, 6) is 3.48. The van der Waals surface area contributed by atoms with Gasteiger partial charge in [-0.25, -0.2) is 0 Å². The van der Waals surface area contributed by atoms with Crippen molar-refractivity contribution >= 4 is 5.78 Å². The Balaban J connectivity index is 1.62. The molecule has 4 aliphatic carbocycles. The van der Waals surface area contributed by atoms with Crippen molar-refractivity contribution < 1.29 is 14.6 Å². The second kappa shape index (κ2) is 6.88. The topological polar surface area (TPSA) is 46.5 Å². The molecule has 3 nitrogen and oxygen atoms in total. The number of aliphatic hydroxyl groups is 1. The maximum absolute atomic E-state index is 12.2. The Kier molecular flexibility index (Phi) is 5.01. The molecular weight excluding hydrogens is 324 g/mol. The molecule has 8 atom stereocenters. The number of carbonyl (C=O) groups excluding carboxylic acids is 1. The zero-order chi connectivity index (χ0) is 18.5. The molecule has 0 spiro atoms. The van der Waals surface area contributed by atoms with Gasteiger partial charge in [0, 0.05) is 31.5 Å². The quantitative estimate of drug-likeness (QED) is 0.794. The van der Waals surface area contributed by atoms with Crippen LogP contribution in [0, 0.1) is 40.4 Å². The van der Waals surface area contributed by atoms with E-state index in [-0.39, 0.29) is 12.0 Å². The zero-order valence-corrected chi connectivity index (χ0v) is 17.0. The minimum absolute atomic E-state index is 0.0138. The summed E-state index contributed by atoms with van der Waals surface area (Å²) in [6.07, 6.45) is 10.1. The minimum atomic E-state index is 0.0138. The zero-order valence-electron chi connectivity index (χ0n) is 17.0. The van der Waals surface area contributed by atoms with Crippen LogP contribution >= 0.6 is 0 Å². The highest BCUT2D eigenvalue weighted by Gasteiger charge is 2.63. The molecule has 0 saturated heterocycles. The maximum Gasteiger partial charge on any atom is 0.133 e. The molecule has 3 heteroatoms. The summed E-state index contributed by atoms with van der Waals surface area (Å²) in [4.78, 5) is 12.2. The highest BCUT2D eigenvalue weighted by atomic mass is 16.5. The molecule has 0 aromatic carbocycles. The molecule has 0 aromatic rings. The maximum atomic E-state index is 12.2. The van der Waals surface area contributed by atoms with E-state index in [0.717, 1.165) is 37.7 Å². The largest absolute Gasteiger partial charge is 0.396 e. The van der Waals surface area contributed by atoms with Gasteiger partial charge in [-0.05, 0) is 80.0 Å². The molecule has 26 heavy (non-hydrogen) atoms. The summed E-state index contributed by atoms with van der Waals surface area (Å²) in [6, 6.07) is 0. The Labute approximate surface area is 159 Å². The van der Waals surface area contributed by atoms with Crippen molar-refractivity contribution in [2.75, 3.05) is 13.2 Å². The second-order valence-electron chi connectivity index (χ2n) is 10.3. The average Bonchev–Trinajstić information content (AvgIpc) is 2.97. The third-order valence-electron chi connectivity index (χ3n) is 9.29. The first-order chi connectivity index (χ1) is 12.5. The van der Waals surface area contributed by atoms with Gasteiger partial charge in [-0.2, -0.15) is 0 Å². The van der Waals surface area contributed by atoms with Crippen LogP contribution in [0.25, 0.3) is 0 Å². The van der Waals surface area contributed by atoms with Crippen molar-refractivity contribution in [3.05, 3.63) is 0 Å². The highest BCUT2D eigenvalue weighted by molar-refractivity contribution is 5.79. The first-order valence-electron chi connectivity index (χ1n) is 11.2. The van der Waals surface area contributed by atoms with E-state index in [1.54, 1.807) is 0 Å². The van der Waals surface area contributed by atoms with Crippen molar-refractivity contribution in [1.29, 1.82) is 0 Å². The fourth-order valence-electron chi connectivity index (χ4n) is 8.06. The normalized spacial score (nSPS) is 50.8. The monoisotopic (exact) mass is 362 g/mol. The molecular formula is C23H38O3. The molecule has 0 aromatic heterocycles. The molecule has 4 saturated carbocycles. The lowest BCUT2D eigenvalue weighted by Gasteiger charge is -2.62. The lowest BCUT2D eigenvalue weighted by Crippen LogP contribution is -2.58. The summed E-state index contributed by atoms with van der Waals surface area (Å²) in [5.41, 5.74) is 0.337. The van der Waals surface area contributed by atoms with Crippen LogP contribution in [0.2, 0.25) is 0 Å². The minimum Gasteiger partial charge on any atom is -0.396 e. The van der Waals surface area contributed by atoms with Crippen LogP contribution in [-0.4, -0.2) is 30.2 Å². The smallest absolute Gasteiger partial charge is 0.133 e. The van der Waals surface area contributed by atoms with Gasteiger partial charge < -0.3 is 9.84 Å². The van der Waals surface area contributed by atoms with Crippen LogP contribution in [0.3, 0.4) is 0 Å². The van der Waals surface area contributed by atoms with Gasteiger partial charge in [0.2, 0.25) is 0 Å². The third kappa shape index (κ3) is 2.64. The lowest BCUT2D eigenvalue weighted by molar-refractivity contribution is -0.172. The first kappa shape index (κ1) is 18.9. The van der Waals surface area contributed by atoms with Crippen LogP contribution in [-0.2, 0) is 9.53 Å². The van der Waals surface area contributed by atoms with Gasteiger partial charge in [0.25, 0.3) is 0 Å². The molecule has 4 rings (SSSR count). The van der Waals surface area contributed by atoms with E-state index in [1.807, 2.05) is 0 Å². The van der Waals surface area contributed by atoms with Crippen LogP contribution in [0.1, 0.15) is 78.6 Å². The first-order valence-corrected chi connectivity index (χ1v) is 11.2. The molecule has 0 radical (unpaired) electrons. The average molecular weight is 363 g/mol. The summed E-state index contributed by atoms with van der Waals surface area (Å²) in [7, 11) is 0. The van der Waals surface area contributed by atoms with E-state index < -0.39 is 0 Å². The van der Waals surface area contributed by atoms with Crippen LogP contribution in [0.15, 0.2) is 0 Å². The summed E-state index contributed by atoms with van der Waals surface area (Å²) in [6.45, 7) is 8.23. The molecule has 1 N–H and O–H groups in total. The van der Waals surface area contributed by atoms with E-state index >= 15 is 0 Å². The third-order valence-corrected chi connectivity index (χ3v) is 9.29. The molecule has 0 amide bonds. The Bertz CT molecular complexity index is 546. The Hall–Kier alpha value is -0.410. The van der Waals surface area contributed by atoms with Crippen molar-refractivity contribution in [3.63, 3.8) is 0 Å². The molecule has 0 unspecified atom stereocenters. The van der Waals surface area contributed by atoms with E-state index in [1.165, 1.54) is 32.1 Å². The lowest BCUT2D eigenvalue weighted by atomic mass is 9.43. The van der Waals surface area contributed by atoms with E-state index in [9.17, 15) is 9.90 Å². The number of hydrogen-bond acceptors (Lipinski definition) is 3. The van der Waals surface area contributed by atoms with E-state index in [4.69, 9.17) is 4.74 Å². The standard InChI is InChI=1S/C23H38O3/c1-4-11-26-21-6-5-18-17-12-15(2)20-13-16(25)7-10-23(20,14-24)19(17)8-9-22(18,21)3/h15,17-21,24H,4-14H2,1-3H3/t15-,17+,18+,19+,20-,21+,22+,23+/m1/s1. The number of fused-ring (bicyclic) bond motifs is 5. The molecule has 0 aliphatic heterocycles. The van der Waals surface area contributed by atoms with Gasteiger partial charge in [-0.15, -0.1) is 0 Å². The van der Waals surface area contributed by atoms with E-state index in [0.29, 0.717) is 41.5 Å². The van der Waals surface area contributed by atoms with Gasteiger partial charge in [0.15, 0.2) is 0 Å². The van der Waals surface area contributed by atoms with Gasteiger partial charge in [-0.1, -0.05) is 20.8 Å². The molecule has 148 valence electrons. The highest BCUT2D eigenvalue weighted by Crippen LogP contribution is 2.67. The predicted molar refractivity (Wildman–Crippen MR) is 103 cm³/mol. The molecule has 0 heterocycles. The fourth-order valence-corrected chi connectivity index (χ4v) is 8.06. The van der Waals surface area contributed by atoms with Crippen LogP contribution in [0.4, 0.5) is 0 Å². The number of Topliss-reactive ketones (excluding diaryl/α,β-unsaturated/α-hetero) is 1. The van der Waals surface area contributed by atoms with Crippen molar-refractivity contribution in [1.82, 2.24) is 0 Å². The van der Waals surface area contributed by atoms with Gasteiger partial charge >= 0.3 is 0 Å². The van der Waals surface area contributed by atoms with Crippen LogP contribution < -0.4 is 0 Å². The summed E-state index contributed by atoms with van der Waals surface area (Å²) >= 11 is 0. The predicted octanol–water partition coefficient (Wildman–Crippen LogP) is 4.61. The van der Waals surface area contributed by atoms with Gasteiger partial charge in [-0.3, -0.25) is 4.79 Å². The SMILES string of the molecule is CCCO[C@H]1CC[C@H]2[C@@H]3C[C@@H](C)[C@H]4CC(=O)CC[C@]4(CO)[C@H]3CC[C@]12C. The number of aliphatic hydroxyl groups excluding tert-OH is 1. The number of hydrogen-bond donors (Lipinski definition) is 1. The van der Waals surface area contributed by atoms with Crippen molar-refractivity contribution in [2.24, 2.45) is 40.4 Å².